The molecule has 0 aliphatic carbocycles. The van der Waals surface area contributed by atoms with E-state index in [1.165, 1.54) is 38.5 Å². The number of nitrogens with one attached hydrogen (secondary N) is 1. The maximum atomic E-state index is 11.6. The molecule has 0 saturated carbocycles. The highest BCUT2D eigenvalue weighted by atomic mass is 16.2. The van der Waals surface area contributed by atoms with Crippen molar-refractivity contribution in [3.63, 3.8) is 0 Å². The van der Waals surface area contributed by atoms with Crippen LogP contribution >= 0.6 is 0 Å². The van der Waals surface area contributed by atoms with Gasteiger partial charge in [-0.3, -0.25) is 9.78 Å². The summed E-state index contributed by atoms with van der Waals surface area (Å²) in [5.74, 6) is -0.0202. The number of amides is 1. The highest BCUT2D eigenvalue weighted by Crippen LogP contribution is 2.09. The lowest BCUT2D eigenvalue weighted by Gasteiger charge is -2.01. The van der Waals surface area contributed by atoms with Gasteiger partial charge in [-0.15, -0.1) is 0 Å². The second kappa shape index (κ2) is 12.1. The topological polar surface area (TPSA) is 54.4 Å². The first-order valence-corrected chi connectivity index (χ1v) is 8.06. The second-order valence-electron chi connectivity index (χ2n) is 5.27. The first-order valence-electron chi connectivity index (χ1n) is 8.06. The van der Waals surface area contributed by atoms with Crippen molar-refractivity contribution in [2.75, 3.05) is 0 Å². The van der Waals surface area contributed by atoms with Crippen molar-refractivity contribution in [3.8, 4) is 0 Å². The van der Waals surface area contributed by atoms with Gasteiger partial charge < -0.3 is 0 Å². The van der Waals surface area contributed by atoms with Crippen LogP contribution in [0.5, 0.6) is 0 Å². The van der Waals surface area contributed by atoms with Gasteiger partial charge in [-0.25, -0.2) is 5.43 Å². The summed E-state index contributed by atoms with van der Waals surface area (Å²) < 4.78 is 0. The fourth-order valence-corrected chi connectivity index (χ4v) is 2.10. The Labute approximate surface area is 128 Å². The number of hydrogen-bond donors (Lipinski definition) is 1. The molecule has 1 N–H and O–H groups in total. The second-order valence-corrected chi connectivity index (χ2v) is 5.27. The first kappa shape index (κ1) is 17.3. The number of hydrazone groups is 1. The molecule has 0 fully saturated rings. The molecule has 0 aliphatic heterocycles. The minimum absolute atomic E-state index is 0.0202. The van der Waals surface area contributed by atoms with Gasteiger partial charge in [0.2, 0.25) is 5.91 Å². The third kappa shape index (κ3) is 9.77. The van der Waals surface area contributed by atoms with E-state index in [1.807, 2.05) is 18.2 Å². The van der Waals surface area contributed by atoms with E-state index < -0.39 is 0 Å². The molecule has 0 radical (unpaired) electrons. The van der Waals surface area contributed by atoms with Gasteiger partial charge in [0, 0.05) is 12.6 Å². The van der Waals surface area contributed by atoms with Crippen LogP contribution in [0.15, 0.2) is 29.5 Å². The standard InChI is InChI=1S/C17H27N3O/c1-2-3-4-5-6-7-8-9-13-17(21)20-19-15-16-12-10-11-14-18-16/h10-12,14-15H,2-9,13H2,1H3,(H,20,21). The molecule has 0 unspecified atom stereocenters. The van der Waals surface area contributed by atoms with E-state index in [4.69, 9.17) is 0 Å². The Morgan fingerprint density at radius 3 is 2.52 bits per heavy atom. The quantitative estimate of drug-likeness (QED) is 0.379. The highest BCUT2D eigenvalue weighted by molar-refractivity contribution is 5.80. The Bertz CT molecular complexity index is 404. The molecule has 1 rings (SSSR count). The number of rotatable bonds is 11. The predicted octanol–water partition coefficient (Wildman–Crippen LogP) is 4.06. The summed E-state index contributed by atoms with van der Waals surface area (Å²) >= 11 is 0. The van der Waals surface area contributed by atoms with E-state index in [0.29, 0.717) is 6.42 Å². The van der Waals surface area contributed by atoms with Gasteiger partial charge >= 0.3 is 0 Å². The monoisotopic (exact) mass is 289 g/mol. The SMILES string of the molecule is CCCCCCCCCCC(=O)NN=Cc1ccccn1. The zero-order valence-electron chi connectivity index (χ0n) is 13.1. The largest absolute Gasteiger partial charge is 0.273 e. The molecular formula is C17H27N3O. The van der Waals surface area contributed by atoms with Gasteiger partial charge in [0.25, 0.3) is 0 Å². The van der Waals surface area contributed by atoms with Crippen molar-refractivity contribution in [1.82, 2.24) is 10.4 Å². The average Bonchev–Trinajstić information content (AvgIpc) is 2.51. The highest BCUT2D eigenvalue weighted by Gasteiger charge is 1.99. The fraction of sp³-hybridized carbons (Fsp3) is 0.588. The van der Waals surface area contributed by atoms with Crippen molar-refractivity contribution in [3.05, 3.63) is 30.1 Å². The van der Waals surface area contributed by atoms with Crippen molar-refractivity contribution in [2.45, 2.75) is 64.7 Å². The molecule has 0 atom stereocenters. The molecule has 1 aromatic heterocycles. The van der Waals surface area contributed by atoms with E-state index in [0.717, 1.165) is 18.5 Å². The van der Waals surface area contributed by atoms with Gasteiger partial charge in [0.15, 0.2) is 0 Å². The number of unbranched alkanes of at least 4 members (excludes halogenated alkanes) is 7. The summed E-state index contributed by atoms with van der Waals surface area (Å²) in [6.45, 7) is 2.23. The lowest BCUT2D eigenvalue weighted by Crippen LogP contribution is -2.17. The predicted molar refractivity (Wildman–Crippen MR) is 87.2 cm³/mol. The van der Waals surface area contributed by atoms with Crippen LogP contribution in [0.25, 0.3) is 0 Å². The lowest BCUT2D eigenvalue weighted by atomic mass is 10.1. The smallest absolute Gasteiger partial charge is 0.240 e. The molecule has 0 aliphatic rings. The van der Waals surface area contributed by atoms with E-state index >= 15 is 0 Å². The van der Waals surface area contributed by atoms with Crippen LogP contribution in [0.1, 0.15) is 70.4 Å². The van der Waals surface area contributed by atoms with Crippen molar-refractivity contribution in [2.24, 2.45) is 5.10 Å². The normalized spacial score (nSPS) is 10.9. The number of carbonyl (C=O) groups is 1. The molecule has 0 aromatic carbocycles. The van der Waals surface area contributed by atoms with Crippen molar-refractivity contribution >= 4 is 12.1 Å². The Morgan fingerprint density at radius 1 is 1.14 bits per heavy atom. The molecule has 4 nitrogen and oxygen atoms in total. The third-order valence-electron chi connectivity index (χ3n) is 3.33. The van der Waals surface area contributed by atoms with Crippen LogP contribution in [0.2, 0.25) is 0 Å². The van der Waals surface area contributed by atoms with Gasteiger partial charge in [0.1, 0.15) is 0 Å². The zero-order valence-corrected chi connectivity index (χ0v) is 13.1. The molecule has 0 spiro atoms. The maximum absolute atomic E-state index is 11.6. The molecule has 0 saturated heterocycles. The Balaban J connectivity index is 1.98. The van der Waals surface area contributed by atoms with Gasteiger partial charge in [0.05, 0.1) is 11.9 Å². The van der Waals surface area contributed by atoms with Crippen LogP contribution in [-0.2, 0) is 4.79 Å². The molecule has 1 heterocycles. The maximum Gasteiger partial charge on any atom is 0.240 e. The van der Waals surface area contributed by atoms with Gasteiger partial charge in [-0.05, 0) is 18.6 Å². The van der Waals surface area contributed by atoms with Gasteiger partial charge in [-0.2, -0.15) is 5.10 Å². The van der Waals surface area contributed by atoms with E-state index in [9.17, 15) is 4.79 Å². The molecule has 4 heteroatoms. The first-order chi connectivity index (χ1) is 10.3. The Hall–Kier alpha value is -1.71. The summed E-state index contributed by atoms with van der Waals surface area (Å²) in [5, 5.41) is 3.90. The number of aromatic nitrogens is 1. The fourth-order valence-electron chi connectivity index (χ4n) is 2.10. The number of pyridine rings is 1. The van der Waals surface area contributed by atoms with Crippen LogP contribution in [-0.4, -0.2) is 17.1 Å². The number of nitrogens with zero attached hydrogens (tertiary/aromatic N) is 2. The van der Waals surface area contributed by atoms with Crippen molar-refractivity contribution < 1.29 is 4.79 Å². The summed E-state index contributed by atoms with van der Waals surface area (Å²) in [5.41, 5.74) is 3.28. The summed E-state index contributed by atoms with van der Waals surface area (Å²) in [4.78, 5) is 15.7. The average molecular weight is 289 g/mol. The lowest BCUT2D eigenvalue weighted by molar-refractivity contribution is -0.121. The van der Waals surface area contributed by atoms with E-state index in [-0.39, 0.29) is 5.91 Å². The number of hydrogen-bond acceptors (Lipinski definition) is 3. The van der Waals surface area contributed by atoms with E-state index in [2.05, 4.69) is 22.4 Å². The Morgan fingerprint density at radius 2 is 1.86 bits per heavy atom. The van der Waals surface area contributed by atoms with Crippen LogP contribution < -0.4 is 5.43 Å². The number of carbonyl (C=O) groups excluding carboxylic acids is 1. The molecule has 1 aromatic rings. The molecule has 1 amide bonds. The van der Waals surface area contributed by atoms with Crippen LogP contribution in [0, 0.1) is 0 Å². The van der Waals surface area contributed by atoms with Crippen molar-refractivity contribution in [1.29, 1.82) is 0 Å². The van der Waals surface area contributed by atoms with Crippen LogP contribution in [0.4, 0.5) is 0 Å². The molecule has 116 valence electrons. The summed E-state index contributed by atoms with van der Waals surface area (Å²) in [7, 11) is 0. The minimum Gasteiger partial charge on any atom is -0.273 e. The zero-order chi connectivity index (χ0) is 15.2. The molecule has 0 bridgehead atoms. The Kier molecular flexibility index (Phi) is 9.96. The summed E-state index contributed by atoms with van der Waals surface area (Å²) in [6, 6.07) is 5.57. The van der Waals surface area contributed by atoms with Gasteiger partial charge in [-0.1, -0.05) is 57.9 Å². The molecular weight excluding hydrogens is 262 g/mol. The van der Waals surface area contributed by atoms with Crippen LogP contribution in [0.3, 0.4) is 0 Å². The molecule has 21 heavy (non-hydrogen) atoms. The minimum atomic E-state index is -0.0202. The van der Waals surface area contributed by atoms with E-state index in [1.54, 1.807) is 12.4 Å². The third-order valence-corrected chi connectivity index (χ3v) is 3.33. The summed E-state index contributed by atoms with van der Waals surface area (Å²) in [6.07, 6.45) is 13.7.